The van der Waals surface area contributed by atoms with Gasteiger partial charge in [-0.15, -0.1) is 0 Å². The number of anilines is 2. The molecule has 20 heavy (non-hydrogen) atoms. The zero-order valence-electron chi connectivity index (χ0n) is 10.3. The van der Waals surface area contributed by atoms with Crippen LogP contribution < -0.4 is 10.5 Å². The molecule has 0 aliphatic heterocycles. The van der Waals surface area contributed by atoms with Crippen LogP contribution in [0.1, 0.15) is 11.3 Å². The van der Waals surface area contributed by atoms with Crippen molar-refractivity contribution in [3.05, 3.63) is 34.5 Å². The maximum atomic E-state index is 12.2. The number of rotatable bonds is 3. The molecule has 9 heteroatoms. The average molecular weight is 312 g/mol. The largest absolute Gasteiger partial charge is 0.394 e. The summed E-state index contributed by atoms with van der Waals surface area (Å²) in [7, 11) is -3.98. The lowest BCUT2D eigenvalue weighted by Crippen LogP contribution is -2.15. The number of nitrogen functional groups attached to an aromatic ring is 1. The highest BCUT2D eigenvalue weighted by Gasteiger charge is 2.21. The molecule has 1 aromatic carbocycles. The summed E-state index contributed by atoms with van der Waals surface area (Å²) in [5.74, 6) is -0.0130. The summed E-state index contributed by atoms with van der Waals surface area (Å²) in [6, 6.07) is 5.80. The normalized spacial score (nSPS) is 11.1. The molecule has 4 N–H and O–H groups in total. The van der Waals surface area contributed by atoms with Gasteiger partial charge in [-0.25, -0.2) is 8.42 Å². The predicted octanol–water partition coefficient (Wildman–Crippen LogP) is 1.63. The van der Waals surface area contributed by atoms with Gasteiger partial charge in [0.25, 0.3) is 10.0 Å². The number of H-pyrrole nitrogens is 1. The van der Waals surface area contributed by atoms with E-state index in [0.717, 1.165) is 0 Å². The van der Waals surface area contributed by atoms with Crippen LogP contribution in [0.4, 0.5) is 11.5 Å². The highest BCUT2D eigenvalue weighted by Crippen LogP contribution is 2.26. The molecule has 104 valence electrons. The highest BCUT2D eigenvalue weighted by atomic mass is 35.5. The van der Waals surface area contributed by atoms with Gasteiger partial charge in [-0.05, 0) is 25.1 Å². The van der Waals surface area contributed by atoms with Crippen LogP contribution in [0.25, 0.3) is 0 Å². The Bertz CT molecular complexity index is 807. The molecular weight excluding hydrogens is 302 g/mol. The first-order valence-electron chi connectivity index (χ1n) is 5.38. The van der Waals surface area contributed by atoms with Crippen LogP contribution in [0.5, 0.6) is 0 Å². The third-order valence-electron chi connectivity index (χ3n) is 2.58. The Morgan fingerprint density at radius 1 is 1.50 bits per heavy atom. The van der Waals surface area contributed by atoms with E-state index in [2.05, 4.69) is 14.9 Å². The smallest absolute Gasteiger partial charge is 0.264 e. The molecule has 0 unspecified atom stereocenters. The van der Waals surface area contributed by atoms with Gasteiger partial charge in [0.15, 0.2) is 5.82 Å². The van der Waals surface area contributed by atoms with Gasteiger partial charge >= 0.3 is 0 Å². The summed E-state index contributed by atoms with van der Waals surface area (Å²) in [4.78, 5) is -0.210. The lowest BCUT2D eigenvalue weighted by Gasteiger charge is -2.08. The number of nitrogens with two attached hydrogens (primary N) is 1. The number of halogens is 1. The van der Waals surface area contributed by atoms with E-state index in [1.807, 2.05) is 6.07 Å². The summed E-state index contributed by atoms with van der Waals surface area (Å²) in [5.41, 5.74) is 6.59. The molecule has 1 heterocycles. The molecule has 0 aliphatic rings. The number of aryl methyl sites for hydroxylation is 1. The number of hydrogen-bond acceptors (Lipinski definition) is 5. The van der Waals surface area contributed by atoms with E-state index in [1.54, 1.807) is 6.92 Å². The molecule has 2 rings (SSSR count). The Labute approximate surface area is 120 Å². The topological polar surface area (TPSA) is 125 Å². The van der Waals surface area contributed by atoms with E-state index in [-0.39, 0.29) is 27.0 Å². The number of benzene rings is 1. The first-order valence-corrected chi connectivity index (χ1v) is 7.24. The van der Waals surface area contributed by atoms with Crippen molar-refractivity contribution in [3.8, 4) is 6.07 Å². The van der Waals surface area contributed by atoms with Crippen LogP contribution in [0, 0.1) is 18.3 Å². The fraction of sp³-hybridized carbons (Fsp3) is 0.0909. The number of sulfonamides is 1. The van der Waals surface area contributed by atoms with Gasteiger partial charge < -0.3 is 5.73 Å². The van der Waals surface area contributed by atoms with Crippen molar-refractivity contribution in [2.24, 2.45) is 0 Å². The van der Waals surface area contributed by atoms with Crippen molar-refractivity contribution in [1.82, 2.24) is 10.2 Å². The van der Waals surface area contributed by atoms with Crippen molar-refractivity contribution in [2.45, 2.75) is 11.8 Å². The van der Waals surface area contributed by atoms with Crippen LogP contribution in [0.15, 0.2) is 23.1 Å². The summed E-state index contributed by atoms with van der Waals surface area (Å²) < 4.78 is 26.7. The molecule has 0 aliphatic carbocycles. The number of nitriles is 1. The Hall–Kier alpha value is -2.24. The highest BCUT2D eigenvalue weighted by molar-refractivity contribution is 7.92. The first kappa shape index (κ1) is 14.2. The summed E-state index contributed by atoms with van der Waals surface area (Å²) in [6.07, 6.45) is 0. The third-order valence-corrected chi connectivity index (χ3v) is 4.40. The quantitative estimate of drug-likeness (QED) is 0.794. The minimum Gasteiger partial charge on any atom is -0.394 e. The van der Waals surface area contributed by atoms with Crippen molar-refractivity contribution in [1.29, 1.82) is 5.26 Å². The van der Waals surface area contributed by atoms with Crippen LogP contribution in [0.3, 0.4) is 0 Å². The van der Waals surface area contributed by atoms with Crippen molar-refractivity contribution in [2.75, 3.05) is 10.5 Å². The minimum atomic E-state index is -3.98. The van der Waals surface area contributed by atoms with E-state index in [1.165, 1.54) is 18.2 Å². The zero-order chi connectivity index (χ0) is 14.9. The monoisotopic (exact) mass is 311 g/mol. The van der Waals surface area contributed by atoms with Crippen molar-refractivity contribution >= 4 is 33.1 Å². The number of nitrogens with zero attached hydrogens (tertiary/aromatic N) is 2. The standard InChI is InChI=1S/C11H10ClN5O2S/c1-6-10(14)11(16-15-6)17-20(18,19)9-4-7(5-13)2-3-8(9)12/h2-4H,14H2,1H3,(H2,15,16,17). The van der Waals surface area contributed by atoms with Gasteiger partial charge in [0.05, 0.1) is 28.0 Å². The third kappa shape index (κ3) is 2.54. The molecule has 0 spiro atoms. The van der Waals surface area contributed by atoms with Gasteiger partial charge in [-0.2, -0.15) is 10.4 Å². The molecule has 0 radical (unpaired) electrons. The van der Waals surface area contributed by atoms with Gasteiger partial charge in [0.2, 0.25) is 0 Å². The Balaban J connectivity index is 2.46. The van der Waals surface area contributed by atoms with Crippen LogP contribution in [0.2, 0.25) is 5.02 Å². The van der Waals surface area contributed by atoms with Crippen LogP contribution >= 0.6 is 11.6 Å². The number of aromatic amines is 1. The second kappa shape index (κ2) is 5.03. The molecule has 0 bridgehead atoms. The molecule has 7 nitrogen and oxygen atoms in total. The lowest BCUT2D eigenvalue weighted by atomic mass is 10.2. The summed E-state index contributed by atoms with van der Waals surface area (Å²) in [6.45, 7) is 1.66. The molecule has 0 atom stereocenters. The average Bonchev–Trinajstić information content (AvgIpc) is 2.70. The van der Waals surface area contributed by atoms with E-state index < -0.39 is 10.0 Å². The molecular formula is C11H10ClN5O2S. The maximum absolute atomic E-state index is 12.2. The second-order valence-electron chi connectivity index (χ2n) is 3.97. The first-order chi connectivity index (χ1) is 9.35. The van der Waals surface area contributed by atoms with E-state index >= 15 is 0 Å². The van der Waals surface area contributed by atoms with E-state index in [0.29, 0.717) is 5.69 Å². The molecule has 0 amide bonds. The Morgan fingerprint density at radius 3 is 2.75 bits per heavy atom. The SMILES string of the molecule is Cc1[nH]nc(NS(=O)(=O)c2cc(C#N)ccc2Cl)c1N. The fourth-order valence-electron chi connectivity index (χ4n) is 1.48. The van der Waals surface area contributed by atoms with Crippen LogP contribution in [-0.2, 0) is 10.0 Å². The fourth-order valence-corrected chi connectivity index (χ4v) is 3.03. The van der Waals surface area contributed by atoms with Gasteiger partial charge in [-0.1, -0.05) is 11.6 Å². The van der Waals surface area contributed by atoms with Gasteiger partial charge in [0, 0.05) is 0 Å². The Morgan fingerprint density at radius 2 is 2.20 bits per heavy atom. The van der Waals surface area contributed by atoms with Gasteiger partial charge in [0.1, 0.15) is 4.90 Å². The number of aromatic nitrogens is 2. The summed E-state index contributed by atoms with van der Waals surface area (Å²) >= 11 is 5.86. The van der Waals surface area contributed by atoms with Gasteiger partial charge in [-0.3, -0.25) is 9.82 Å². The second-order valence-corrected chi connectivity index (χ2v) is 6.03. The molecule has 1 aromatic heterocycles. The molecule has 2 aromatic rings. The predicted molar refractivity (Wildman–Crippen MR) is 74.7 cm³/mol. The minimum absolute atomic E-state index is 0.00216. The molecule has 0 fully saturated rings. The molecule has 0 saturated carbocycles. The number of hydrogen-bond donors (Lipinski definition) is 3. The van der Waals surface area contributed by atoms with E-state index in [9.17, 15) is 8.42 Å². The van der Waals surface area contributed by atoms with E-state index in [4.69, 9.17) is 22.6 Å². The van der Waals surface area contributed by atoms with Crippen LogP contribution in [-0.4, -0.2) is 18.6 Å². The number of nitrogens with one attached hydrogen (secondary N) is 2. The van der Waals surface area contributed by atoms with Crippen molar-refractivity contribution < 1.29 is 8.42 Å². The summed E-state index contributed by atoms with van der Waals surface area (Å²) in [5, 5.41) is 15.1. The van der Waals surface area contributed by atoms with Crippen molar-refractivity contribution in [3.63, 3.8) is 0 Å². The molecule has 0 saturated heterocycles. The lowest BCUT2D eigenvalue weighted by molar-refractivity contribution is 0.601. The Kier molecular flexibility index (Phi) is 3.57. The maximum Gasteiger partial charge on any atom is 0.264 e. The zero-order valence-corrected chi connectivity index (χ0v) is 11.9.